The molecule has 6 atom stereocenters. The summed E-state index contributed by atoms with van der Waals surface area (Å²) in [4.78, 5) is 73.3. The number of likely N-dealkylation sites (tertiary alicyclic amines) is 1. The number of ketones is 4. The summed E-state index contributed by atoms with van der Waals surface area (Å²) in [6.07, 6.45) is 2.61. The molecule has 3 aliphatic carbocycles. The first-order valence-electron chi connectivity index (χ1n) is 15.5. The van der Waals surface area contributed by atoms with Gasteiger partial charge < -0.3 is 20.8 Å². The van der Waals surface area contributed by atoms with Crippen LogP contribution in [0.2, 0.25) is 0 Å². The number of carbonyl (C=O) groups excluding carboxylic acids is 5. The average molecular weight is 617 g/mol. The number of hydrogen-bond donors (Lipinski definition) is 3. The monoisotopic (exact) mass is 616 g/mol. The van der Waals surface area contributed by atoms with E-state index in [1.807, 2.05) is 49.3 Å². The number of aliphatic hydroxyl groups is 1. The van der Waals surface area contributed by atoms with Gasteiger partial charge in [-0.2, -0.15) is 0 Å². The quantitative estimate of drug-likeness (QED) is 0.402. The molecule has 1 saturated heterocycles. The van der Waals surface area contributed by atoms with Crippen LogP contribution in [0, 0.1) is 23.7 Å². The molecule has 6 unspecified atom stereocenters. The highest BCUT2D eigenvalue weighted by Crippen LogP contribution is 2.53. The molecule has 1 heterocycles. The molecule has 2 aromatic carbocycles. The average Bonchev–Trinajstić information content (AvgIpc) is 3.48. The van der Waals surface area contributed by atoms with Crippen LogP contribution in [-0.4, -0.2) is 102 Å². The van der Waals surface area contributed by atoms with E-state index in [0.717, 1.165) is 25.2 Å². The van der Waals surface area contributed by atoms with Crippen molar-refractivity contribution in [2.45, 2.75) is 43.9 Å². The molecule has 4 N–H and O–H groups in total. The molecule has 238 valence electrons. The molecule has 2 saturated carbocycles. The second-order valence-electron chi connectivity index (χ2n) is 13.5. The molecule has 0 aromatic heterocycles. The van der Waals surface area contributed by atoms with Gasteiger partial charge in [-0.05, 0) is 81.5 Å². The van der Waals surface area contributed by atoms with Gasteiger partial charge in [-0.3, -0.25) is 33.8 Å². The summed E-state index contributed by atoms with van der Waals surface area (Å²) in [5, 5.41) is 23.5. The van der Waals surface area contributed by atoms with Gasteiger partial charge in [0, 0.05) is 37.8 Å². The van der Waals surface area contributed by atoms with Crippen LogP contribution in [0.4, 0.5) is 5.69 Å². The van der Waals surface area contributed by atoms with Gasteiger partial charge in [0.25, 0.3) is 0 Å². The molecule has 45 heavy (non-hydrogen) atoms. The Balaban J connectivity index is 1.43. The lowest BCUT2D eigenvalue weighted by molar-refractivity contribution is -0.181. The number of primary amides is 1. The topological polar surface area (TPSA) is 162 Å². The third kappa shape index (κ3) is 4.71. The molecule has 2 aromatic rings. The number of fused-ring (bicyclic) bond motifs is 3. The number of phenols is 1. The second kappa shape index (κ2) is 11.1. The normalized spacial score (nSPS) is 29.9. The number of anilines is 1. The molecule has 1 amide bonds. The highest BCUT2D eigenvalue weighted by atomic mass is 16.3. The molecule has 11 nitrogen and oxygen atoms in total. The van der Waals surface area contributed by atoms with Gasteiger partial charge in [-0.25, -0.2) is 0 Å². The Labute approximate surface area is 262 Å². The molecule has 0 bridgehead atoms. The number of hydrogen-bond acceptors (Lipinski definition) is 10. The van der Waals surface area contributed by atoms with Crippen molar-refractivity contribution in [3.8, 4) is 16.9 Å². The van der Waals surface area contributed by atoms with Crippen molar-refractivity contribution in [3.05, 3.63) is 47.0 Å². The number of benzene rings is 2. The Morgan fingerprint density at radius 1 is 1.02 bits per heavy atom. The fraction of sp³-hybridized carbons (Fsp3) is 0.500. The molecule has 3 fully saturated rings. The maximum Gasteiger partial charge on any atom is 0.235 e. The van der Waals surface area contributed by atoms with Crippen molar-refractivity contribution >= 4 is 34.7 Å². The summed E-state index contributed by atoms with van der Waals surface area (Å²) in [7, 11) is 6.80. The molecule has 6 rings (SSSR count). The van der Waals surface area contributed by atoms with E-state index in [1.54, 1.807) is 14.1 Å². The number of rotatable bonds is 6. The number of Topliss-reactive ketones (excluding diaryl/α,β-unsaturated/α-hetero) is 4. The minimum atomic E-state index is -2.75. The summed E-state index contributed by atoms with van der Waals surface area (Å²) in [5.74, 6) is -10.5. The summed E-state index contributed by atoms with van der Waals surface area (Å²) in [5.41, 5.74) is 6.20. The first-order chi connectivity index (χ1) is 21.3. The zero-order valence-electron chi connectivity index (χ0n) is 26.1. The maximum absolute atomic E-state index is 14.3. The fourth-order valence-electron chi connectivity index (χ4n) is 8.26. The van der Waals surface area contributed by atoms with Crippen LogP contribution in [0.1, 0.15) is 40.7 Å². The van der Waals surface area contributed by atoms with Crippen LogP contribution >= 0.6 is 0 Å². The summed E-state index contributed by atoms with van der Waals surface area (Å²) in [6.45, 7) is 2.97. The van der Waals surface area contributed by atoms with Gasteiger partial charge in [0.2, 0.25) is 5.91 Å². The highest BCUT2D eigenvalue weighted by Gasteiger charge is 2.69. The number of carbonyl (C=O) groups is 5. The number of likely N-dealkylation sites (N-methyl/N-ethyl adjacent to an activating group) is 1. The zero-order chi connectivity index (χ0) is 32.5. The lowest BCUT2D eigenvalue weighted by atomic mass is 9.52. The Hall–Kier alpha value is -3.93. The van der Waals surface area contributed by atoms with E-state index in [0.29, 0.717) is 22.4 Å². The van der Waals surface area contributed by atoms with Crippen LogP contribution in [-0.2, 0) is 32.1 Å². The smallest absolute Gasteiger partial charge is 0.235 e. The first kappa shape index (κ1) is 31.1. The third-order valence-electron chi connectivity index (χ3n) is 10.4. The van der Waals surface area contributed by atoms with Crippen LogP contribution in [0.5, 0.6) is 5.75 Å². The largest absolute Gasteiger partial charge is 0.507 e. The lowest BCUT2D eigenvalue weighted by Gasteiger charge is -2.52. The highest BCUT2D eigenvalue weighted by molar-refractivity contribution is 6.32. The van der Waals surface area contributed by atoms with Gasteiger partial charge in [0.1, 0.15) is 5.75 Å². The van der Waals surface area contributed by atoms with E-state index in [9.17, 15) is 34.2 Å². The van der Waals surface area contributed by atoms with E-state index in [2.05, 4.69) is 4.90 Å². The van der Waals surface area contributed by atoms with Crippen molar-refractivity contribution in [1.29, 1.82) is 0 Å². The summed E-state index contributed by atoms with van der Waals surface area (Å²) in [6, 6.07) is 8.53. The van der Waals surface area contributed by atoms with Gasteiger partial charge in [0.15, 0.2) is 34.7 Å². The summed E-state index contributed by atoms with van der Waals surface area (Å²) < 4.78 is 0. The standard InChI is InChI=1S/C34H40N4O7/c1-36(2)23-15-20(18-9-7-17(8-10-18)16-38-11-5-6-12-38)28(39)25-21(23)13-19-14-22-27(37(3)4)30(41)26(33(35)44)32(43)34(22,45)31(42)24(19)29(25)40/h7-10,15,19,22,24,26-27,39,45H,5-6,11-14,16H2,1-4H3,(H2,35,44). The van der Waals surface area contributed by atoms with Crippen LogP contribution in [0.15, 0.2) is 30.3 Å². The van der Waals surface area contributed by atoms with Crippen LogP contribution in [0.3, 0.4) is 0 Å². The van der Waals surface area contributed by atoms with Crippen LogP contribution in [0.25, 0.3) is 11.1 Å². The Morgan fingerprint density at radius 3 is 2.24 bits per heavy atom. The van der Waals surface area contributed by atoms with E-state index in [-0.39, 0.29) is 24.2 Å². The van der Waals surface area contributed by atoms with Crippen molar-refractivity contribution in [3.63, 3.8) is 0 Å². The number of amides is 1. The molecule has 0 spiro atoms. The second-order valence-corrected chi connectivity index (χ2v) is 13.5. The Bertz CT molecular complexity index is 1610. The number of nitrogens with zero attached hydrogens (tertiary/aromatic N) is 3. The van der Waals surface area contributed by atoms with E-state index >= 15 is 0 Å². The van der Waals surface area contributed by atoms with Crippen LogP contribution < -0.4 is 10.6 Å². The Morgan fingerprint density at radius 2 is 1.67 bits per heavy atom. The van der Waals surface area contributed by atoms with Gasteiger partial charge in [-0.15, -0.1) is 0 Å². The fourth-order valence-corrected chi connectivity index (χ4v) is 8.26. The Kier molecular flexibility index (Phi) is 7.70. The van der Waals surface area contributed by atoms with E-state index in [1.165, 1.54) is 17.7 Å². The predicted molar refractivity (Wildman–Crippen MR) is 166 cm³/mol. The number of nitrogens with two attached hydrogens (primary N) is 1. The van der Waals surface area contributed by atoms with Crippen molar-refractivity contribution in [1.82, 2.24) is 9.80 Å². The SMILES string of the molecule is CN(C)c1cc(-c2ccc(CN3CCCC3)cc2)c(O)c2c1CC1CC3C(N(C)C)C(=O)C(C(N)=O)C(=O)C3(O)C(=O)C1C2=O. The van der Waals surface area contributed by atoms with E-state index in [4.69, 9.17) is 5.73 Å². The molecule has 1 aliphatic heterocycles. The minimum absolute atomic E-state index is 0.0102. The van der Waals surface area contributed by atoms with Crippen molar-refractivity contribution < 1.29 is 34.2 Å². The summed E-state index contributed by atoms with van der Waals surface area (Å²) >= 11 is 0. The molecular weight excluding hydrogens is 576 g/mol. The molecule has 0 radical (unpaired) electrons. The molecule has 11 heteroatoms. The number of aromatic hydroxyl groups is 1. The van der Waals surface area contributed by atoms with E-state index < -0.39 is 64.4 Å². The number of phenolic OH excluding ortho intramolecular Hbond substituents is 1. The maximum atomic E-state index is 14.3. The van der Waals surface area contributed by atoms with Crippen molar-refractivity contribution in [2.24, 2.45) is 29.4 Å². The zero-order valence-corrected chi connectivity index (χ0v) is 26.1. The first-order valence-corrected chi connectivity index (χ1v) is 15.5. The van der Waals surface area contributed by atoms with Gasteiger partial charge in [0.05, 0.1) is 17.5 Å². The van der Waals surface area contributed by atoms with Gasteiger partial charge >= 0.3 is 0 Å². The predicted octanol–water partition coefficient (Wildman–Crippen LogP) is 1.20. The third-order valence-corrected chi connectivity index (χ3v) is 10.4. The van der Waals surface area contributed by atoms with Gasteiger partial charge in [-0.1, -0.05) is 24.3 Å². The minimum Gasteiger partial charge on any atom is -0.507 e. The lowest BCUT2D eigenvalue weighted by Crippen LogP contribution is -2.74. The molecule has 4 aliphatic rings. The van der Waals surface area contributed by atoms with Crippen molar-refractivity contribution in [2.75, 3.05) is 46.2 Å². The molecular formula is C34H40N4O7.